The molecule has 0 amide bonds. The molecule has 1 aliphatic rings. The Morgan fingerprint density at radius 3 is 2.78 bits per heavy atom. The Kier molecular flexibility index (Phi) is 2.46. The Morgan fingerprint density at radius 1 is 1.89 bits per heavy atom. The molecule has 0 saturated carbocycles. The monoisotopic (exact) mass is 240 g/mol. The second-order valence-corrected chi connectivity index (χ2v) is 3.11. The number of hydrogen-bond acceptors (Lipinski definition) is 2. The molecule has 0 aromatic rings. The van der Waals surface area contributed by atoms with Crippen LogP contribution in [0.2, 0.25) is 0 Å². The highest BCUT2D eigenvalue weighted by molar-refractivity contribution is 14.1. The lowest BCUT2D eigenvalue weighted by Gasteiger charge is -2.03. The van der Waals surface area contributed by atoms with Crippen molar-refractivity contribution in [2.45, 2.75) is 25.6 Å². The summed E-state index contributed by atoms with van der Waals surface area (Å²) in [5, 5.41) is 0. The lowest BCUT2D eigenvalue weighted by atomic mass is 10.2. The Hall–Kier alpha value is 0.360. The Balaban J connectivity index is 2.44. The molecule has 0 aromatic heterocycles. The van der Waals surface area contributed by atoms with Crippen molar-refractivity contribution < 1.29 is 9.53 Å². The first-order valence-corrected chi connectivity index (χ1v) is 4.50. The molecule has 52 valence electrons. The molecule has 2 atom stereocenters. The molecule has 0 radical (unpaired) electrons. The van der Waals surface area contributed by atoms with Crippen molar-refractivity contribution in [1.82, 2.24) is 0 Å². The summed E-state index contributed by atoms with van der Waals surface area (Å²) < 4.78 is 6.19. The van der Waals surface area contributed by atoms with Crippen LogP contribution < -0.4 is 0 Å². The van der Waals surface area contributed by atoms with Gasteiger partial charge in [-0.3, -0.25) is 4.79 Å². The number of Topliss-reactive ketones (excluding diaryl/α,β-unsaturated/α-hetero) is 1. The van der Waals surface area contributed by atoms with Gasteiger partial charge in [-0.15, -0.1) is 0 Å². The molecular formula is C6H9IO2. The van der Waals surface area contributed by atoms with Crippen molar-refractivity contribution >= 4 is 28.4 Å². The highest BCUT2D eigenvalue weighted by Crippen LogP contribution is 2.16. The van der Waals surface area contributed by atoms with Crippen LogP contribution in [0.3, 0.4) is 0 Å². The average Bonchev–Trinajstić information content (AvgIpc) is 2.13. The van der Waals surface area contributed by atoms with Crippen LogP contribution >= 0.6 is 22.6 Å². The zero-order chi connectivity index (χ0) is 6.85. The number of hydrogen-bond donors (Lipinski definition) is 0. The minimum Gasteiger partial charge on any atom is -0.366 e. The summed E-state index contributed by atoms with van der Waals surface area (Å²) in [5.41, 5.74) is 0. The van der Waals surface area contributed by atoms with E-state index < -0.39 is 0 Å². The molecule has 0 spiro atoms. The zero-order valence-corrected chi connectivity index (χ0v) is 7.42. The van der Waals surface area contributed by atoms with Crippen molar-refractivity contribution in [3.05, 3.63) is 0 Å². The topological polar surface area (TPSA) is 26.3 Å². The normalized spacial score (nSPS) is 35.6. The third-order valence-electron chi connectivity index (χ3n) is 1.45. The minimum atomic E-state index is -0.148. The van der Waals surface area contributed by atoms with Gasteiger partial charge in [-0.25, -0.2) is 0 Å². The van der Waals surface area contributed by atoms with Crippen LogP contribution in [0.5, 0.6) is 0 Å². The SMILES string of the molecule is C[C@@H]1O[C@@H](CI)CC1=O. The summed E-state index contributed by atoms with van der Waals surface area (Å²) >= 11 is 2.23. The summed E-state index contributed by atoms with van der Waals surface area (Å²) in [6.45, 7) is 1.81. The predicted molar refractivity (Wildman–Crippen MR) is 42.8 cm³/mol. The van der Waals surface area contributed by atoms with Gasteiger partial charge in [0.25, 0.3) is 0 Å². The van der Waals surface area contributed by atoms with E-state index in [1.807, 2.05) is 6.92 Å². The smallest absolute Gasteiger partial charge is 0.163 e. The molecule has 1 heterocycles. The number of alkyl halides is 1. The number of carbonyl (C=O) groups is 1. The highest BCUT2D eigenvalue weighted by atomic mass is 127. The third-order valence-corrected chi connectivity index (χ3v) is 2.43. The molecule has 1 fully saturated rings. The van der Waals surface area contributed by atoms with E-state index in [9.17, 15) is 4.79 Å². The highest BCUT2D eigenvalue weighted by Gasteiger charge is 2.28. The number of halogens is 1. The van der Waals surface area contributed by atoms with Crippen molar-refractivity contribution in [2.75, 3.05) is 4.43 Å². The van der Waals surface area contributed by atoms with Crippen molar-refractivity contribution in [1.29, 1.82) is 0 Å². The van der Waals surface area contributed by atoms with E-state index in [4.69, 9.17) is 4.74 Å². The molecule has 0 unspecified atom stereocenters. The summed E-state index contributed by atoms with van der Waals surface area (Å²) in [6.07, 6.45) is 0.655. The van der Waals surface area contributed by atoms with E-state index in [0.717, 1.165) is 4.43 Å². The van der Waals surface area contributed by atoms with Gasteiger partial charge in [-0.1, -0.05) is 22.6 Å². The van der Waals surface area contributed by atoms with Crippen LogP contribution in [0, 0.1) is 0 Å². The van der Waals surface area contributed by atoms with Crippen molar-refractivity contribution in [2.24, 2.45) is 0 Å². The first kappa shape index (κ1) is 7.47. The molecule has 3 heteroatoms. The second kappa shape index (κ2) is 2.96. The predicted octanol–water partition coefficient (Wildman–Crippen LogP) is 1.17. The Labute approximate surface area is 68.1 Å². The maximum absolute atomic E-state index is 10.8. The van der Waals surface area contributed by atoms with Crippen molar-refractivity contribution in [3.8, 4) is 0 Å². The van der Waals surface area contributed by atoms with Crippen LogP contribution in [0.4, 0.5) is 0 Å². The molecule has 2 nitrogen and oxygen atoms in total. The van der Waals surface area contributed by atoms with Gasteiger partial charge in [-0.2, -0.15) is 0 Å². The second-order valence-electron chi connectivity index (χ2n) is 2.23. The fourth-order valence-electron chi connectivity index (χ4n) is 0.894. The summed E-state index contributed by atoms with van der Waals surface area (Å²) in [6, 6.07) is 0. The fourth-order valence-corrected chi connectivity index (χ4v) is 1.41. The van der Waals surface area contributed by atoms with Crippen LogP contribution in [-0.2, 0) is 9.53 Å². The minimum absolute atomic E-state index is 0.148. The van der Waals surface area contributed by atoms with Crippen LogP contribution in [-0.4, -0.2) is 22.4 Å². The maximum Gasteiger partial charge on any atom is 0.163 e. The fraction of sp³-hybridized carbons (Fsp3) is 0.833. The zero-order valence-electron chi connectivity index (χ0n) is 5.26. The average molecular weight is 240 g/mol. The molecule has 1 saturated heterocycles. The van der Waals surface area contributed by atoms with Crippen LogP contribution in [0.15, 0.2) is 0 Å². The quantitative estimate of drug-likeness (QED) is 0.508. The Morgan fingerprint density at radius 2 is 2.56 bits per heavy atom. The van der Waals surface area contributed by atoms with Gasteiger partial charge in [0.2, 0.25) is 0 Å². The number of ketones is 1. The van der Waals surface area contributed by atoms with E-state index >= 15 is 0 Å². The van der Waals surface area contributed by atoms with Crippen LogP contribution in [0.25, 0.3) is 0 Å². The summed E-state index contributed by atoms with van der Waals surface area (Å²) in [5.74, 6) is 0.247. The molecule has 0 bridgehead atoms. The molecule has 0 aromatic carbocycles. The molecule has 1 aliphatic heterocycles. The standard InChI is InChI=1S/C6H9IO2/c1-4-6(8)2-5(3-7)9-4/h4-5H,2-3H2,1H3/t4-,5+/m0/s1. The summed E-state index contributed by atoms with van der Waals surface area (Å²) in [7, 11) is 0. The molecule has 0 N–H and O–H groups in total. The largest absolute Gasteiger partial charge is 0.366 e. The van der Waals surface area contributed by atoms with Crippen molar-refractivity contribution in [3.63, 3.8) is 0 Å². The summed E-state index contributed by atoms with van der Waals surface area (Å²) in [4.78, 5) is 10.8. The lowest BCUT2D eigenvalue weighted by molar-refractivity contribution is -0.121. The van der Waals surface area contributed by atoms with E-state index in [1.165, 1.54) is 0 Å². The number of carbonyl (C=O) groups excluding carboxylic acids is 1. The van der Waals surface area contributed by atoms with E-state index in [2.05, 4.69) is 22.6 Å². The molecule has 1 rings (SSSR count). The number of ether oxygens (including phenoxy) is 1. The lowest BCUT2D eigenvalue weighted by Crippen LogP contribution is -2.10. The number of rotatable bonds is 1. The third kappa shape index (κ3) is 1.64. The van der Waals surface area contributed by atoms with Gasteiger partial charge in [0.1, 0.15) is 6.10 Å². The van der Waals surface area contributed by atoms with E-state index in [1.54, 1.807) is 0 Å². The first-order chi connectivity index (χ1) is 4.24. The maximum atomic E-state index is 10.8. The molecule has 9 heavy (non-hydrogen) atoms. The van der Waals surface area contributed by atoms with Gasteiger partial charge < -0.3 is 4.74 Å². The van der Waals surface area contributed by atoms with E-state index in [-0.39, 0.29) is 18.0 Å². The Bertz CT molecular complexity index is 124. The van der Waals surface area contributed by atoms with Gasteiger partial charge in [0.15, 0.2) is 5.78 Å². The van der Waals surface area contributed by atoms with Gasteiger partial charge in [0.05, 0.1) is 6.10 Å². The first-order valence-electron chi connectivity index (χ1n) is 2.98. The van der Waals surface area contributed by atoms with E-state index in [0.29, 0.717) is 6.42 Å². The van der Waals surface area contributed by atoms with Gasteiger partial charge in [-0.05, 0) is 6.92 Å². The van der Waals surface area contributed by atoms with Gasteiger partial charge >= 0.3 is 0 Å². The molecule has 0 aliphatic carbocycles. The molecular weight excluding hydrogens is 231 g/mol. The van der Waals surface area contributed by atoms with Crippen LogP contribution in [0.1, 0.15) is 13.3 Å². The van der Waals surface area contributed by atoms with Gasteiger partial charge in [0, 0.05) is 10.8 Å².